The number of halogens is 1. The van der Waals surface area contributed by atoms with Gasteiger partial charge in [0.15, 0.2) is 23.0 Å². The highest BCUT2D eigenvalue weighted by Crippen LogP contribution is 2.37. The highest BCUT2D eigenvalue weighted by Gasteiger charge is 2.17. The third-order valence-electron chi connectivity index (χ3n) is 5.29. The standard InChI is InChI=1S/C27H23BrN4O6/c1-2-35-24-10-17(9-21(28)26(24)36-15-20-6-4-3-5-19(20)12-29)13-31-32-25(33)14-30-27(34)18-7-8-22-23(11-18)38-16-37-22/h3-11,13H,2,14-16H2,1H3,(H,30,34)(H,32,33)/b31-13+. The van der Waals surface area contributed by atoms with E-state index < -0.39 is 11.8 Å². The number of nitrogens with zero attached hydrogens (tertiary/aromatic N) is 2. The van der Waals surface area contributed by atoms with Crippen molar-refractivity contribution >= 4 is 34.0 Å². The topological polar surface area (TPSA) is 131 Å². The Kier molecular flexibility index (Phi) is 8.79. The maximum atomic E-state index is 12.3. The SMILES string of the molecule is CCOc1cc(/C=N/NC(=O)CNC(=O)c2ccc3c(c2)OCO3)cc(Br)c1OCc1ccccc1C#N. The fourth-order valence-corrected chi connectivity index (χ4v) is 4.06. The van der Waals surface area contributed by atoms with Gasteiger partial charge in [0.2, 0.25) is 6.79 Å². The normalized spacial score (nSPS) is 11.6. The van der Waals surface area contributed by atoms with Crippen LogP contribution in [0.25, 0.3) is 0 Å². The van der Waals surface area contributed by atoms with Crippen LogP contribution in [-0.2, 0) is 11.4 Å². The number of benzene rings is 3. The number of hydrogen-bond acceptors (Lipinski definition) is 8. The highest BCUT2D eigenvalue weighted by atomic mass is 79.9. The van der Waals surface area contributed by atoms with E-state index in [0.717, 1.165) is 5.56 Å². The van der Waals surface area contributed by atoms with E-state index >= 15 is 0 Å². The van der Waals surface area contributed by atoms with Gasteiger partial charge in [0.1, 0.15) is 6.61 Å². The summed E-state index contributed by atoms with van der Waals surface area (Å²) in [6.07, 6.45) is 1.44. The maximum absolute atomic E-state index is 12.3. The first-order valence-electron chi connectivity index (χ1n) is 11.6. The Bertz CT molecular complexity index is 1420. The van der Waals surface area contributed by atoms with E-state index in [9.17, 15) is 14.9 Å². The molecule has 0 aliphatic carbocycles. The first-order valence-corrected chi connectivity index (χ1v) is 12.3. The Morgan fingerprint density at radius 3 is 2.76 bits per heavy atom. The second-order valence-electron chi connectivity index (χ2n) is 7.86. The number of fused-ring (bicyclic) bond motifs is 1. The fraction of sp³-hybridized carbons (Fsp3) is 0.185. The summed E-state index contributed by atoms with van der Waals surface area (Å²) in [5.41, 5.74) is 4.64. The van der Waals surface area contributed by atoms with Crippen molar-refractivity contribution in [3.8, 4) is 29.1 Å². The molecule has 0 saturated heterocycles. The third-order valence-corrected chi connectivity index (χ3v) is 5.88. The van der Waals surface area contributed by atoms with Crippen molar-refractivity contribution in [2.75, 3.05) is 19.9 Å². The number of carbonyl (C=O) groups is 2. The number of ether oxygens (including phenoxy) is 4. The number of nitriles is 1. The highest BCUT2D eigenvalue weighted by molar-refractivity contribution is 9.10. The molecule has 38 heavy (non-hydrogen) atoms. The van der Waals surface area contributed by atoms with Gasteiger partial charge in [-0.05, 0) is 64.8 Å². The minimum Gasteiger partial charge on any atom is -0.490 e. The number of hydrogen-bond donors (Lipinski definition) is 2. The average molecular weight is 579 g/mol. The molecular weight excluding hydrogens is 556 g/mol. The Balaban J connectivity index is 1.34. The lowest BCUT2D eigenvalue weighted by atomic mass is 10.1. The lowest BCUT2D eigenvalue weighted by molar-refractivity contribution is -0.120. The van der Waals surface area contributed by atoms with E-state index in [1.807, 2.05) is 19.1 Å². The van der Waals surface area contributed by atoms with Gasteiger partial charge in [0.05, 0.1) is 35.5 Å². The quantitative estimate of drug-likeness (QED) is 0.275. The smallest absolute Gasteiger partial charge is 0.259 e. The minimum absolute atomic E-state index is 0.107. The lowest BCUT2D eigenvalue weighted by Crippen LogP contribution is -2.34. The maximum Gasteiger partial charge on any atom is 0.259 e. The molecular formula is C27H23BrN4O6. The zero-order chi connectivity index (χ0) is 26.9. The van der Waals surface area contributed by atoms with Gasteiger partial charge in [-0.3, -0.25) is 9.59 Å². The Morgan fingerprint density at radius 1 is 1.13 bits per heavy atom. The van der Waals surface area contributed by atoms with Crippen molar-refractivity contribution < 1.29 is 28.5 Å². The number of hydrazone groups is 1. The Morgan fingerprint density at radius 2 is 1.95 bits per heavy atom. The van der Waals surface area contributed by atoms with Crippen LogP contribution >= 0.6 is 15.9 Å². The van der Waals surface area contributed by atoms with Gasteiger partial charge in [-0.1, -0.05) is 18.2 Å². The van der Waals surface area contributed by atoms with Crippen molar-refractivity contribution in [1.29, 1.82) is 5.26 Å². The van der Waals surface area contributed by atoms with E-state index in [4.69, 9.17) is 18.9 Å². The molecule has 0 aromatic heterocycles. The van der Waals surface area contributed by atoms with E-state index in [1.54, 1.807) is 42.5 Å². The number of rotatable bonds is 10. The number of amides is 2. The summed E-state index contributed by atoms with van der Waals surface area (Å²) in [5.74, 6) is 1.06. The van der Waals surface area contributed by atoms with Crippen LogP contribution in [0, 0.1) is 11.3 Å². The predicted octanol–water partition coefficient (Wildman–Crippen LogP) is 3.91. The number of nitrogens with one attached hydrogen (secondary N) is 2. The van der Waals surface area contributed by atoms with Crippen LogP contribution < -0.4 is 29.7 Å². The zero-order valence-corrected chi connectivity index (χ0v) is 21.9. The molecule has 0 saturated carbocycles. The molecule has 0 spiro atoms. The molecule has 0 radical (unpaired) electrons. The van der Waals surface area contributed by atoms with Gasteiger partial charge in [-0.2, -0.15) is 10.4 Å². The molecule has 4 rings (SSSR count). The Hall–Kier alpha value is -4.56. The Labute approximate surface area is 227 Å². The van der Waals surface area contributed by atoms with Crippen molar-refractivity contribution in [2.45, 2.75) is 13.5 Å². The van der Waals surface area contributed by atoms with E-state index in [-0.39, 0.29) is 19.9 Å². The largest absolute Gasteiger partial charge is 0.490 e. The average Bonchev–Trinajstić information content (AvgIpc) is 3.40. The van der Waals surface area contributed by atoms with Crippen molar-refractivity contribution in [3.05, 3.63) is 81.3 Å². The summed E-state index contributed by atoms with van der Waals surface area (Å²) in [6.45, 7) is 2.27. The van der Waals surface area contributed by atoms with Crippen molar-refractivity contribution in [2.24, 2.45) is 5.10 Å². The molecule has 2 amide bonds. The van der Waals surface area contributed by atoms with E-state index in [0.29, 0.717) is 50.8 Å². The van der Waals surface area contributed by atoms with Gasteiger partial charge in [0.25, 0.3) is 11.8 Å². The summed E-state index contributed by atoms with van der Waals surface area (Å²) >= 11 is 3.50. The molecule has 0 unspecified atom stereocenters. The molecule has 1 aliphatic heterocycles. The second kappa shape index (κ2) is 12.6. The molecule has 2 N–H and O–H groups in total. The van der Waals surface area contributed by atoms with Crippen LogP contribution in [-0.4, -0.2) is 38.0 Å². The number of carbonyl (C=O) groups excluding carboxylic acids is 2. The molecule has 3 aromatic carbocycles. The minimum atomic E-state index is -0.504. The summed E-state index contributed by atoms with van der Waals surface area (Å²) < 4.78 is 22.8. The first-order chi connectivity index (χ1) is 18.5. The zero-order valence-electron chi connectivity index (χ0n) is 20.3. The summed E-state index contributed by atoms with van der Waals surface area (Å²) in [4.78, 5) is 24.5. The first kappa shape index (κ1) is 26.5. The molecule has 0 bridgehead atoms. The van der Waals surface area contributed by atoms with Crippen LogP contribution in [0.4, 0.5) is 0 Å². The van der Waals surface area contributed by atoms with Crippen molar-refractivity contribution in [1.82, 2.24) is 10.7 Å². The molecule has 1 heterocycles. The molecule has 11 heteroatoms. The van der Waals surface area contributed by atoms with Gasteiger partial charge in [-0.25, -0.2) is 5.43 Å². The van der Waals surface area contributed by atoms with Gasteiger partial charge >= 0.3 is 0 Å². The van der Waals surface area contributed by atoms with Crippen LogP contribution in [0.15, 0.2) is 64.2 Å². The van der Waals surface area contributed by atoms with Crippen LogP contribution in [0.1, 0.15) is 34.0 Å². The molecule has 0 atom stereocenters. The predicted molar refractivity (Wildman–Crippen MR) is 141 cm³/mol. The van der Waals surface area contributed by atoms with Gasteiger partial charge in [0, 0.05) is 11.1 Å². The van der Waals surface area contributed by atoms with Gasteiger partial charge < -0.3 is 24.3 Å². The van der Waals surface area contributed by atoms with Crippen LogP contribution in [0.5, 0.6) is 23.0 Å². The molecule has 0 fully saturated rings. The van der Waals surface area contributed by atoms with E-state index in [1.165, 1.54) is 6.21 Å². The second-order valence-corrected chi connectivity index (χ2v) is 8.72. The summed E-state index contributed by atoms with van der Waals surface area (Å²) in [6, 6.07) is 17.6. The lowest BCUT2D eigenvalue weighted by Gasteiger charge is -2.15. The van der Waals surface area contributed by atoms with Crippen LogP contribution in [0.3, 0.4) is 0 Å². The summed E-state index contributed by atoms with van der Waals surface area (Å²) in [7, 11) is 0. The van der Waals surface area contributed by atoms with Crippen LogP contribution in [0.2, 0.25) is 0 Å². The van der Waals surface area contributed by atoms with E-state index in [2.05, 4.69) is 37.8 Å². The van der Waals surface area contributed by atoms with Gasteiger partial charge in [-0.15, -0.1) is 0 Å². The third kappa shape index (κ3) is 6.60. The monoisotopic (exact) mass is 578 g/mol. The molecule has 10 nitrogen and oxygen atoms in total. The fourth-order valence-electron chi connectivity index (χ4n) is 3.49. The van der Waals surface area contributed by atoms with Crippen molar-refractivity contribution in [3.63, 3.8) is 0 Å². The summed E-state index contributed by atoms with van der Waals surface area (Å²) in [5, 5.41) is 15.8. The molecule has 194 valence electrons. The molecule has 3 aromatic rings. The molecule has 1 aliphatic rings.